The lowest BCUT2D eigenvalue weighted by molar-refractivity contribution is 0.348. The Morgan fingerprint density at radius 2 is 1.79 bits per heavy atom. The summed E-state index contributed by atoms with van der Waals surface area (Å²) in [6.07, 6.45) is 4.84. The summed E-state index contributed by atoms with van der Waals surface area (Å²) in [5.74, 6) is 0.797. The Kier molecular flexibility index (Phi) is 6.20. The lowest BCUT2D eigenvalue weighted by atomic mass is 9.93. The van der Waals surface area contributed by atoms with E-state index in [1.165, 1.54) is 34.2 Å². The summed E-state index contributed by atoms with van der Waals surface area (Å²) in [7, 11) is -0.300. The number of piperidine rings is 1. The van der Waals surface area contributed by atoms with Crippen molar-refractivity contribution in [2.45, 2.75) is 40.4 Å². The van der Waals surface area contributed by atoms with Crippen LogP contribution >= 0.6 is 11.8 Å². The van der Waals surface area contributed by atoms with Gasteiger partial charge in [-0.2, -0.15) is 0 Å². The number of para-hydroxylation sites is 1. The van der Waals surface area contributed by atoms with E-state index in [2.05, 4.69) is 34.5 Å². The molecule has 0 aromatic heterocycles. The van der Waals surface area contributed by atoms with Gasteiger partial charge in [-0.05, 0) is 75.0 Å². The first-order chi connectivity index (χ1) is 14.0. The minimum Gasteiger partial charge on any atom is -0.340 e. The molecule has 2 heterocycles. The van der Waals surface area contributed by atoms with E-state index in [4.69, 9.17) is 0 Å². The van der Waals surface area contributed by atoms with Crippen molar-refractivity contribution >= 4 is 33.2 Å². The highest BCUT2D eigenvalue weighted by atomic mass is 32.2. The average molecular weight is 432 g/mol. The highest BCUT2D eigenvalue weighted by Crippen LogP contribution is 2.48. The van der Waals surface area contributed by atoms with E-state index >= 15 is 0 Å². The fraction of sp³-hybridized carbons (Fsp3) is 0.455. The number of fused-ring (bicyclic) bond motifs is 2. The highest BCUT2D eigenvalue weighted by molar-refractivity contribution is 7.99. The second-order valence-corrected chi connectivity index (χ2v) is 11.2. The lowest BCUT2D eigenvalue weighted by Gasteiger charge is -2.34. The first-order valence-corrected chi connectivity index (χ1v) is 12.5. The number of nitrogens with one attached hydrogen (secondary N) is 1. The average Bonchev–Trinajstić information content (AvgIpc) is 2.73. The standard InChI is InChI=1S/C22H29N3O2S2/c1-24(2)29(26,27)18-9-10-22-20(16-18)25(19-7-3-4-8-21(19)28-22)15-5-6-17-11-13-23-14-12-17/h3-4,7-10,16-17,23H,5-6,11-15H2,1-2H3. The molecule has 2 aliphatic heterocycles. The smallest absolute Gasteiger partial charge is 0.242 e. The SMILES string of the molecule is CN(C)S(=O)(=O)c1ccc2c(c1)N(CCCC1CCNCC1)c1ccccc1S2. The molecule has 0 spiro atoms. The highest BCUT2D eigenvalue weighted by Gasteiger charge is 2.26. The molecule has 156 valence electrons. The van der Waals surface area contributed by atoms with Gasteiger partial charge in [0.15, 0.2) is 0 Å². The van der Waals surface area contributed by atoms with E-state index in [0.717, 1.165) is 42.6 Å². The van der Waals surface area contributed by atoms with Crippen LogP contribution in [0.25, 0.3) is 0 Å². The molecule has 7 heteroatoms. The van der Waals surface area contributed by atoms with E-state index in [1.807, 2.05) is 12.1 Å². The van der Waals surface area contributed by atoms with Crippen LogP contribution in [-0.4, -0.2) is 46.5 Å². The van der Waals surface area contributed by atoms with Gasteiger partial charge in [0.05, 0.1) is 16.3 Å². The van der Waals surface area contributed by atoms with E-state index in [9.17, 15) is 8.42 Å². The van der Waals surface area contributed by atoms with Crippen LogP contribution in [0.2, 0.25) is 0 Å². The van der Waals surface area contributed by atoms with Gasteiger partial charge in [0.2, 0.25) is 10.0 Å². The molecule has 0 amide bonds. The van der Waals surface area contributed by atoms with Crippen LogP contribution in [0.1, 0.15) is 25.7 Å². The van der Waals surface area contributed by atoms with Crippen molar-refractivity contribution in [1.82, 2.24) is 9.62 Å². The van der Waals surface area contributed by atoms with Crippen molar-refractivity contribution in [1.29, 1.82) is 0 Å². The molecule has 0 saturated carbocycles. The number of hydrogen-bond donors (Lipinski definition) is 1. The van der Waals surface area contributed by atoms with Gasteiger partial charge >= 0.3 is 0 Å². The molecular weight excluding hydrogens is 402 g/mol. The van der Waals surface area contributed by atoms with Gasteiger partial charge in [-0.25, -0.2) is 12.7 Å². The first kappa shape index (κ1) is 20.7. The molecule has 0 unspecified atom stereocenters. The predicted molar refractivity (Wildman–Crippen MR) is 120 cm³/mol. The van der Waals surface area contributed by atoms with E-state index in [1.54, 1.807) is 31.9 Å². The predicted octanol–water partition coefficient (Wildman–Crippen LogP) is 4.32. The molecule has 29 heavy (non-hydrogen) atoms. The maximum Gasteiger partial charge on any atom is 0.242 e. The Morgan fingerprint density at radius 1 is 1.07 bits per heavy atom. The summed E-state index contributed by atoms with van der Waals surface area (Å²) < 4.78 is 26.6. The van der Waals surface area contributed by atoms with Crippen LogP contribution in [-0.2, 0) is 10.0 Å². The van der Waals surface area contributed by atoms with Gasteiger partial charge in [0.1, 0.15) is 0 Å². The van der Waals surface area contributed by atoms with Crippen molar-refractivity contribution < 1.29 is 8.42 Å². The van der Waals surface area contributed by atoms with Crippen LogP contribution in [0.15, 0.2) is 57.2 Å². The molecule has 0 atom stereocenters. The third-order valence-electron chi connectivity index (χ3n) is 5.83. The molecule has 2 aromatic carbocycles. The third kappa shape index (κ3) is 4.33. The van der Waals surface area contributed by atoms with Gasteiger partial charge < -0.3 is 10.2 Å². The van der Waals surface area contributed by atoms with Crippen LogP contribution < -0.4 is 10.2 Å². The second kappa shape index (κ2) is 8.68. The number of hydrogen-bond acceptors (Lipinski definition) is 5. The van der Waals surface area contributed by atoms with E-state index < -0.39 is 10.0 Å². The zero-order chi connectivity index (χ0) is 20.4. The Morgan fingerprint density at radius 3 is 2.55 bits per heavy atom. The zero-order valence-corrected chi connectivity index (χ0v) is 18.7. The summed E-state index contributed by atoms with van der Waals surface area (Å²) in [5.41, 5.74) is 2.18. The number of rotatable bonds is 6. The largest absolute Gasteiger partial charge is 0.340 e. The molecular formula is C22H29N3O2S2. The molecule has 0 aliphatic carbocycles. The molecule has 0 radical (unpaired) electrons. The van der Waals surface area contributed by atoms with Crippen LogP contribution in [0, 0.1) is 5.92 Å². The normalized spacial score (nSPS) is 17.3. The second-order valence-electron chi connectivity index (χ2n) is 7.97. The maximum absolute atomic E-state index is 12.7. The minimum atomic E-state index is -3.46. The first-order valence-electron chi connectivity index (χ1n) is 10.3. The summed E-state index contributed by atoms with van der Waals surface area (Å²) in [6, 6.07) is 13.9. The number of sulfonamides is 1. The van der Waals surface area contributed by atoms with E-state index in [-0.39, 0.29) is 0 Å². The lowest BCUT2D eigenvalue weighted by Crippen LogP contribution is -2.29. The molecule has 1 saturated heterocycles. The molecule has 4 rings (SSSR count). The van der Waals surface area contributed by atoms with Crippen molar-refractivity contribution in [3.8, 4) is 0 Å². The van der Waals surface area contributed by atoms with Crippen molar-refractivity contribution in [3.05, 3.63) is 42.5 Å². The summed E-state index contributed by atoms with van der Waals surface area (Å²) in [5, 5.41) is 3.44. The summed E-state index contributed by atoms with van der Waals surface area (Å²) in [4.78, 5) is 5.01. The minimum absolute atomic E-state index is 0.351. The van der Waals surface area contributed by atoms with Gasteiger partial charge in [-0.15, -0.1) is 0 Å². The molecule has 2 aliphatic rings. The van der Waals surface area contributed by atoms with Crippen molar-refractivity contribution in [2.24, 2.45) is 5.92 Å². The number of benzene rings is 2. The van der Waals surface area contributed by atoms with Crippen LogP contribution in [0.4, 0.5) is 11.4 Å². The summed E-state index contributed by atoms with van der Waals surface area (Å²) >= 11 is 1.72. The monoisotopic (exact) mass is 431 g/mol. The van der Waals surface area contributed by atoms with E-state index in [0.29, 0.717) is 4.90 Å². The topological polar surface area (TPSA) is 52.7 Å². The van der Waals surface area contributed by atoms with Gasteiger partial charge in [-0.3, -0.25) is 0 Å². The fourth-order valence-corrected chi connectivity index (χ4v) is 6.13. The number of nitrogens with zero attached hydrogens (tertiary/aromatic N) is 2. The molecule has 0 bridgehead atoms. The third-order valence-corrected chi connectivity index (χ3v) is 8.77. The molecule has 1 N–H and O–H groups in total. The molecule has 1 fully saturated rings. The Labute approximate surface area is 178 Å². The number of anilines is 2. The molecule has 5 nitrogen and oxygen atoms in total. The Balaban J connectivity index is 1.62. The fourth-order valence-electron chi connectivity index (χ4n) is 4.13. The Hall–Kier alpha value is -1.54. The van der Waals surface area contributed by atoms with Gasteiger partial charge in [0.25, 0.3) is 0 Å². The Bertz CT molecular complexity index is 970. The zero-order valence-electron chi connectivity index (χ0n) is 17.1. The van der Waals surface area contributed by atoms with Crippen LogP contribution in [0.5, 0.6) is 0 Å². The quantitative estimate of drug-likeness (QED) is 0.738. The van der Waals surface area contributed by atoms with Gasteiger partial charge in [-0.1, -0.05) is 23.9 Å². The molecule has 2 aromatic rings. The maximum atomic E-state index is 12.7. The van der Waals surface area contributed by atoms with Crippen LogP contribution in [0.3, 0.4) is 0 Å². The van der Waals surface area contributed by atoms with Crippen molar-refractivity contribution in [3.63, 3.8) is 0 Å². The van der Waals surface area contributed by atoms with Crippen molar-refractivity contribution in [2.75, 3.05) is 38.6 Å². The summed E-state index contributed by atoms with van der Waals surface area (Å²) in [6.45, 7) is 3.16. The van der Waals surface area contributed by atoms with Gasteiger partial charge in [0, 0.05) is 30.4 Å².